The molecule has 2 heterocycles. The molecule has 0 saturated carbocycles. The van der Waals surface area contributed by atoms with Crippen LogP contribution in [0, 0.1) is 5.41 Å². The minimum Gasteiger partial charge on any atom is -0.382 e. The minimum atomic E-state index is 0.124. The second kappa shape index (κ2) is 6.37. The Labute approximate surface area is 114 Å². The molecule has 1 N–H and O–H groups in total. The fourth-order valence-corrected chi connectivity index (χ4v) is 2.96. The molecule has 0 aliphatic carbocycles. The van der Waals surface area contributed by atoms with Crippen LogP contribution >= 0.6 is 0 Å². The Hall–Kier alpha value is -1.10. The van der Waals surface area contributed by atoms with E-state index >= 15 is 0 Å². The van der Waals surface area contributed by atoms with Gasteiger partial charge in [-0.25, -0.2) is 0 Å². The number of nitrogens with one attached hydrogen (secondary N) is 1. The Morgan fingerprint density at radius 2 is 2.16 bits per heavy atom. The summed E-state index contributed by atoms with van der Waals surface area (Å²) < 4.78 is 5.24. The van der Waals surface area contributed by atoms with Crippen LogP contribution in [0.2, 0.25) is 0 Å². The second-order valence-electron chi connectivity index (χ2n) is 5.63. The first-order chi connectivity index (χ1) is 9.15. The molecule has 2 aliphatic heterocycles. The van der Waals surface area contributed by atoms with Gasteiger partial charge in [-0.05, 0) is 31.6 Å². The van der Waals surface area contributed by atoms with Crippen LogP contribution in [0.4, 0.5) is 0 Å². The largest absolute Gasteiger partial charge is 0.382 e. The van der Waals surface area contributed by atoms with E-state index in [4.69, 9.17) is 4.74 Å². The van der Waals surface area contributed by atoms with E-state index in [0.29, 0.717) is 26.1 Å². The van der Waals surface area contributed by atoms with Crippen LogP contribution in [0.1, 0.15) is 39.0 Å². The summed E-state index contributed by atoms with van der Waals surface area (Å²) in [5, 5.41) is 2.91. The summed E-state index contributed by atoms with van der Waals surface area (Å²) in [6.45, 7) is 5.71. The highest BCUT2D eigenvalue weighted by atomic mass is 16.5. The predicted molar refractivity (Wildman–Crippen MR) is 71.6 cm³/mol. The van der Waals surface area contributed by atoms with E-state index in [9.17, 15) is 9.59 Å². The highest BCUT2D eigenvalue weighted by molar-refractivity contribution is 5.79. The van der Waals surface area contributed by atoms with Gasteiger partial charge in [-0.2, -0.15) is 0 Å². The van der Waals surface area contributed by atoms with Gasteiger partial charge < -0.3 is 15.0 Å². The van der Waals surface area contributed by atoms with Gasteiger partial charge in [-0.3, -0.25) is 9.59 Å². The van der Waals surface area contributed by atoms with E-state index in [0.717, 1.165) is 38.9 Å². The minimum absolute atomic E-state index is 0.124. The molecule has 0 bridgehead atoms. The Bertz CT molecular complexity index is 336. The van der Waals surface area contributed by atoms with Crippen molar-refractivity contribution in [1.82, 2.24) is 10.2 Å². The molecule has 19 heavy (non-hydrogen) atoms. The van der Waals surface area contributed by atoms with Gasteiger partial charge in [0.15, 0.2) is 0 Å². The van der Waals surface area contributed by atoms with Crippen molar-refractivity contribution >= 4 is 11.8 Å². The average Bonchev–Trinajstić information content (AvgIpc) is 2.76. The molecular formula is C14H24N2O3. The molecule has 2 rings (SSSR count). The van der Waals surface area contributed by atoms with Crippen LogP contribution in [-0.2, 0) is 14.3 Å². The van der Waals surface area contributed by atoms with E-state index < -0.39 is 0 Å². The monoisotopic (exact) mass is 268 g/mol. The summed E-state index contributed by atoms with van der Waals surface area (Å²) in [7, 11) is 0. The van der Waals surface area contributed by atoms with Gasteiger partial charge in [-0.15, -0.1) is 0 Å². The molecule has 1 spiro atoms. The summed E-state index contributed by atoms with van der Waals surface area (Å²) >= 11 is 0. The normalized spacial score (nSPS) is 21.7. The molecule has 0 aromatic heterocycles. The van der Waals surface area contributed by atoms with Crippen LogP contribution in [-0.4, -0.2) is 49.6 Å². The third kappa shape index (κ3) is 3.69. The number of carbonyl (C=O) groups is 2. The molecule has 0 aromatic carbocycles. The number of hydrogen-bond donors (Lipinski definition) is 1. The SMILES string of the molecule is CCOCCCC(=O)N1CCC2(CC1)CNC(=O)C2. The van der Waals surface area contributed by atoms with Crippen LogP contribution in [0.25, 0.3) is 0 Å². The first-order valence-corrected chi connectivity index (χ1v) is 7.27. The van der Waals surface area contributed by atoms with E-state index in [1.807, 2.05) is 11.8 Å². The van der Waals surface area contributed by atoms with Crippen molar-refractivity contribution in [3.8, 4) is 0 Å². The van der Waals surface area contributed by atoms with Crippen LogP contribution < -0.4 is 5.32 Å². The number of carbonyl (C=O) groups excluding carboxylic acids is 2. The lowest BCUT2D eigenvalue weighted by molar-refractivity contribution is -0.133. The Morgan fingerprint density at radius 3 is 2.74 bits per heavy atom. The smallest absolute Gasteiger partial charge is 0.222 e. The molecular weight excluding hydrogens is 244 g/mol. The van der Waals surface area contributed by atoms with Crippen LogP contribution in [0.5, 0.6) is 0 Å². The molecule has 0 radical (unpaired) electrons. The number of piperidine rings is 1. The highest BCUT2D eigenvalue weighted by Gasteiger charge is 2.41. The highest BCUT2D eigenvalue weighted by Crippen LogP contribution is 2.37. The molecule has 0 atom stereocenters. The molecule has 0 unspecified atom stereocenters. The number of nitrogens with zero attached hydrogens (tertiary/aromatic N) is 1. The quantitative estimate of drug-likeness (QED) is 0.755. The maximum Gasteiger partial charge on any atom is 0.222 e. The molecule has 2 aliphatic rings. The average molecular weight is 268 g/mol. The lowest BCUT2D eigenvalue weighted by Crippen LogP contribution is -2.44. The zero-order valence-electron chi connectivity index (χ0n) is 11.7. The van der Waals surface area contributed by atoms with Crippen molar-refractivity contribution < 1.29 is 14.3 Å². The molecule has 2 amide bonds. The summed E-state index contributed by atoms with van der Waals surface area (Å²) in [5.41, 5.74) is 0.124. The first kappa shape index (κ1) is 14.3. The summed E-state index contributed by atoms with van der Waals surface area (Å²) in [6.07, 6.45) is 3.91. The van der Waals surface area contributed by atoms with Gasteiger partial charge in [0.2, 0.25) is 11.8 Å². The summed E-state index contributed by atoms with van der Waals surface area (Å²) in [6, 6.07) is 0. The van der Waals surface area contributed by atoms with Gasteiger partial charge in [0, 0.05) is 45.7 Å². The van der Waals surface area contributed by atoms with Crippen LogP contribution in [0.3, 0.4) is 0 Å². The number of likely N-dealkylation sites (tertiary alicyclic amines) is 1. The molecule has 108 valence electrons. The molecule has 2 fully saturated rings. The third-order valence-electron chi connectivity index (χ3n) is 4.26. The van der Waals surface area contributed by atoms with Gasteiger partial charge in [-0.1, -0.05) is 0 Å². The van der Waals surface area contributed by atoms with Crippen molar-refractivity contribution in [3.05, 3.63) is 0 Å². The fraction of sp³-hybridized carbons (Fsp3) is 0.857. The van der Waals surface area contributed by atoms with E-state index in [2.05, 4.69) is 5.32 Å². The number of rotatable bonds is 5. The first-order valence-electron chi connectivity index (χ1n) is 7.27. The van der Waals surface area contributed by atoms with E-state index in [1.54, 1.807) is 0 Å². The lowest BCUT2D eigenvalue weighted by atomic mass is 9.77. The van der Waals surface area contributed by atoms with Gasteiger partial charge >= 0.3 is 0 Å². The van der Waals surface area contributed by atoms with Crippen LogP contribution in [0.15, 0.2) is 0 Å². The topological polar surface area (TPSA) is 58.6 Å². The molecule has 0 aromatic rings. The zero-order valence-corrected chi connectivity index (χ0v) is 11.7. The standard InChI is InChI=1S/C14H24N2O3/c1-2-19-9-3-4-13(18)16-7-5-14(6-8-16)10-12(17)15-11-14/h2-11H2,1H3,(H,15,17). The number of amides is 2. The fourth-order valence-electron chi connectivity index (χ4n) is 2.96. The van der Waals surface area contributed by atoms with Crippen molar-refractivity contribution in [2.24, 2.45) is 5.41 Å². The van der Waals surface area contributed by atoms with Crippen molar-refractivity contribution in [2.45, 2.75) is 39.0 Å². The maximum absolute atomic E-state index is 12.0. The summed E-state index contributed by atoms with van der Waals surface area (Å²) in [5.74, 6) is 0.392. The van der Waals surface area contributed by atoms with Crippen molar-refractivity contribution in [1.29, 1.82) is 0 Å². The Morgan fingerprint density at radius 1 is 1.42 bits per heavy atom. The van der Waals surface area contributed by atoms with Gasteiger partial charge in [0.25, 0.3) is 0 Å². The molecule has 5 nitrogen and oxygen atoms in total. The molecule has 2 saturated heterocycles. The van der Waals surface area contributed by atoms with Gasteiger partial charge in [0.05, 0.1) is 0 Å². The summed E-state index contributed by atoms with van der Waals surface area (Å²) in [4.78, 5) is 25.3. The number of ether oxygens (including phenoxy) is 1. The lowest BCUT2D eigenvalue weighted by Gasteiger charge is -2.38. The van der Waals surface area contributed by atoms with E-state index in [-0.39, 0.29) is 17.2 Å². The maximum atomic E-state index is 12.0. The van der Waals surface area contributed by atoms with Crippen molar-refractivity contribution in [3.63, 3.8) is 0 Å². The Balaban J connectivity index is 1.70. The number of hydrogen-bond acceptors (Lipinski definition) is 3. The van der Waals surface area contributed by atoms with Crippen molar-refractivity contribution in [2.75, 3.05) is 32.8 Å². The second-order valence-corrected chi connectivity index (χ2v) is 5.63. The van der Waals surface area contributed by atoms with Gasteiger partial charge in [0.1, 0.15) is 0 Å². The molecule has 5 heteroatoms. The Kier molecular flexibility index (Phi) is 4.80. The zero-order chi connectivity index (χ0) is 13.7. The van der Waals surface area contributed by atoms with E-state index in [1.165, 1.54) is 0 Å². The predicted octanol–water partition coefficient (Wildman–Crippen LogP) is 0.932. The third-order valence-corrected chi connectivity index (χ3v) is 4.26.